The fraction of sp³-hybridized carbons (Fsp3) is 0.400. The summed E-state index contributed by atoms with van der Waals surface area (Å²) in [6.45, 7) is 8.36. The quantitative estimate of drug-likeness (QED) is 0.712. The Morgan fingerprint density at radius 2 is 1.44 bits per heavy atom. The number of nitrogens with one attached hydrogen (secondary N) is 2. The van der Waals surface area contributed by atoms with Crippen molar-refractivity contribution in [3.63, 3.8) is 0 Å². The van der Waals surface area contributed by atoms with E-state index >= 15 is 0 Å². The van der Waals surface area contributed by atoms with Gasteiger partial charge in [-0.25, -0.2) is 9.97 Å². The number of aryl methyl sites for hydroxylation is 4. The fourth-order valence-corrected chi connectivity index (χ4v) is 3.30. The van der Waals surface area contributed by atoms with Gasteiger partial charge in [-0.1, -0.05) is 32.0 Å². The largest absolute Gasteiger partial charge is 0.496 e. The predicted molar refractivity (Wildman–Crippen MR) is 99.3 cm³/mol. The third-order valence-electron chi connectivity index (χ3n) is 4.61. The maximum Gasteiger partial charge on any atom is 0.123 e. The summed E-state index contributed by atoms with van der Waals surface area (Å²) < 4.78 is 5.64. The van der Waals surface area contributed by atoms with Gasteiger partial charge in [0.25, 0.3) is 0 Å². The van der Waals surface area contributed by atoms with Crippen LogP contribution in [0.25, 0.3) is 0 Å². The molecule has 3 aromatic rings. The van der Waals surface area contributed by atoms with E-state index in [1.807, 2.05) is 18.2 Å². The van der Waals surface area contributed by atoms with Gasteiger partial charge in [-0.3, -0.25) is 0 Å². The molecule has 2 heterocycles. The monoisotopic (exact) mass is 338 g/mol. The molecular weight excluding hydrogens is 312 g/mol. The molecule has 2 N–H and O–H groups in total. The lowest BCUT2D eigenvalue weighted by atomic mass is 9.89. The van der Waals surface area contributed by atoms with Gasteiger partial charge in [-0.2, -0.15) is 0 Å². The van der Waals surface area contributed by atoms with Gasteiger partial charge in [-0.05, 0) is 19.9 Å². The minimum Gasteiger partial charge on any atom is -0.496 e. The Kier molecular flexibility index (Phi) is 4.93. The van der Waals surface area contributed by atoms with Crippen molar-refractivity contribution in [2.45, 2.75) is 46.5 Å². The molecule has 0 aliphatic rings. The highest BCUT2D eigenvalue weighted by atomic mass is 16.5. The third kappa shape index (κ3) is 3.18. The van der Waals surface area contributed by atoms with E-state index in [2.05, 4.69) is 43.7 Å². The number of para-hydroxylation sites is 1. The Balaban J connectivity index is 2.24. The molecule has 0 fully saturated rings. The molecule has 0 bridgehead atoms. The predicted octanol–water partition coefficient (Wildman–Crippen LogP) is 4.06. The number of aromatic nitrogens is 4. The second kappa shape index (κ2) is 7.13. The van der Waals surface area contributed by atoms with Crippen LogP contribution in [-0.2, 0) is 12.8 Å². The second-order valence-electron chi connectivity index (χ2n) is 6.27. The molecular formula is C20H26N4O. The SMILES string of the molecule is CCc1nc(C(c2ccccc2OC)c2nc(CC)[nH]c2C)c(C)[nH]1. The third-order valence-corrected chi connectivity index (χ3v) is 4.61. The van der Waals surface area contributed by atoms with Crippen LogP contribution in [0.1, 0.15) is 59.8 Å². The van der Waals surface area contributed by atoms with Crippen LogP contribution in [0.4, 0.5) is 0 Å². The minimum atomic E-state index is -0.0655. The van der Waals surface area contributed by atoms with Gasteiger partial charge >= 0.3 is 0 Å². The number of benzene rings is 1. The van der Waals surface area contributed by atoms with E-state index in [4.69, 9.17) is 14.7 Å². The number of H-pyrrole nitrogens is 2. The van der Waals surface area contributed by atoms with Gasteiger partial charge in [0.05, 0.1) is 24.4 Å². The molecule has 0 saturated carbocycles. The topological polar surface area (TPSA) is 66.6 Å². The lowest BCUT2D eigenvalue weighted by Crippen LogP contribution is -2.09. The van der Waals surface area contributed by atoms with Crippen molar-refractivity contribution in [1.29, 1.82) is 0 Å². The molecule has 0 amide bonds. The molecule has 0 atom stereocenters. The summed E-state index contributed by atoms with van der Waals surface area (Å²) in [4.78, 5) is 16.5. The van der Waals surface area contributed by atoms with Crippen LogP contribution in [0.2, 0.25) is 0 Å². The lowest BCUT2D eigenvalue weighted by molar-refractivity contribution is 0.408. The van der Waals surface area contributed by atoms with Crippen molar-refractivity contribution in [3.05, 3.63) is 64.3 Å². The number of rotatable bonds is 6. The number of hydrogen-bond acceptors (Lipinski definition) is 3. The molecule has 5 heteroatoms. The summed E-state index contributed by atoms with van der Waals surface area (Å²) in [5.74, 6) is 2.78. The molecule has 0 unspecified atom stereocenters. The van der Waals surface area contributed by atoms with Crippen molar-refractivity contribution in [2.24, 2.45) is 0 Å². The minimum absolute atomic E-state index is 0.0655. The Bertz CT molecular complexity index is 814. The van der Waals surface area contributed by atoms with E-state index in [9.17, 15) is 0 Å². The summed E-state index contributed by atoms with van der Waals surface area (Å²) in [6.07, 6.45) is 1.75. The van der Waals surface area contributed by atoms with Crippen LogP contribution in [0.5, 0.6) is 5.75 Å². The normalized spacial score (nSPS) is 11.3. The van der Waals surface area contributed by atoms with Crippen LogP contribution in [0.15, 0.2) is 24.3 Å². The first-order valence-electron chi connectivity index (χ1n) is 8.82. The first kappa shape index (κ1) is 17.3. The van der Waals surface area contributed by atoms with E-state index in [1.54, 1.807) is 7.11 Å². The van der Waals surface area contributed by atoms with Crippen molar-refractivity contribution in [2.75, 3.05) is 7.11 Å². The highest BCUT2D eigenvalue weighted by Crippen LogP contribution is 2.38. The fourth-order valence-electron chi connectivity index (χ4n) is 3.30. The second-order valence-corrected chi connectivity index (χ2v) is 6.27. The Morgan fingerprint density at radius 1 is 0.920 bits per heavy atom. The van der Waals surface area contributed by atoms with Crippen molar-refractivity contribution < 1.29 is 4.74 Å². The first-order chi connectivity index (χ1) is 12.1. The van der Waals surface area contributed by atoms with Gasteiger partial charge in [0, 0.05) is 29.8 Å². The van der Waals surface area contributed by atoms with Crippen LogP contribution in [0.3, 0.4) is 0 Å². The number of nitrogens with zero attached hydrogens (tertiary/aromatic N) is 2. The standard InChI is InChI=1S/C20H26N4O/c1-6-16-21-12(3)19(23-16)18(14-10-8-9-11-15(14)25-5)20-13(4)22-17(7-2)24-20/h8-11,18H,6-7H2,1-5H3,(H,21,23)(H,22,24). The molecule has 5 nitrogen and oxygen atoms in total. The van der Waals surface area contributed by atoms with Crippen LogP contribution in [0, 0.1) is 13.8 Å². The van der Waals surface area contributed by atoms with Gasteiger partial charge < -0.3 is 14.7 Å². The van der Waals surface area contributed by atoms with Crippen molar-refractivity contribution in [3.8, 4) is 5.75 Å². The molecule has 0 radical (unpaired) electrons. The number of hydrogen-bond donors (Lipinski definition) is 2. The van der Waals surface area contributed by atoms with E-state index in [0.717, 1.165) is 58.6 Å². The van der Waals surface area contributed by atoms with E-state index in [-0.39, 0.29) is 5.92 Å². The highest BCUT2D eigenvalue weighted by molar-refractivity contribution is 5.48. The van der Waals surface area contributed by atoms with Gasteiger partial charge in [0.1, 0.15) is 17.4 Å². The summed E-state index contributed by atoms with van der Waals surface area (Å²) >= 11 is 0. The van der Waals surface area contributed by atoms with Crippen LogP contribution < -0.4 is 4.74 Å². The molecule has 132 valence electrons. The van der Waals surface area contributed by atoms with Crippen molar-refractivity contribution >= 4 is 0 Å². The van der Waals surface area contributed by atoms with Gasteiger partial charge in [-0.15, -0.1) is 0 Å². The molecule has 3 rings (SSSR count). The number of aromatic amines is 2. The van der Waals surface area contributed by atoms with E-state index < -0.39 is 0 Å². The summed E-state index contributed by atoms with van der Waals surface area (Å²) in [5.41, 5.74) is 5.26. The summed E-state index contributed by atoms with van der Waals surface area (Å²) in [7, 11) is 1.71. The molecule has 0 aliphatic carbocycles. The molecule has 0 saturated heterocycles. The average molecular weight is 338 g/mol. The zero-order valence-corrected chi connectivity index (χ0v) is 15.6. The number of methoxy groups -OCH3 is 1. The maximum atomic E-state index is 5.64. The smallest absolute Gasteiger partial charge is 0.123 e. The van der Waals surface area contributed by atoms with Crippen LogP contribution >= 0.6 is 0 Å². The maximum absolute atomic E-state index is 5.64. The number of imidazole rings is 2. The molecule has 0 spiro atoms. The zero-order chi connectivity index (χ0) is 18.0. The molecule has 25 heavy (non-hydrogen) atoms. The summed E-state index contributed by atoms with van der Waals surface area (Å²) in [5, 5.41) is 0. The van der Waals surface area contributed by atoms with E-state index in [0.29, 0.717) is 0 Å². The van der Waals surface area contributed by atoms with Crippen molar-refractivity contribution in [1.82, 2.24) is 19.9 Å². The average Bonchev–Trinajstić information content (AvgIpc) is 3.19. The summed E-state index contributed by atoms with van der Waals surface area (Å²) in [6, 6.07) is 8.12. The Morgan fingerprint density at radius 3 is 1.88 bits per heavy atom. The van der Waals surface area contributed by atoms with E-state index in [1.165, 1.54) is 0 Å². The first-order valence-corrected chi connectivity index (χ1v) is 8.82. The highest BCUT2D eigenvalue weighted by Gasteiger charge is 2.28. The van der Waals surface area contributed by atoms with Gasteiger partial charge in [0.2, 0.25) is 0 Å². The molecule has 0 aliphatic heterocycles. The lowest BCUT2D eigenvalue weighted by Gasteiger charge is -2.18. The Hall–Kier alpha value is -2.56. The van der Waals surface area contributed by atoms with Crippen LogP contribution in [-0.4, -0.2) is 27.0 Å². The molecule has 2 aromatic heterocycles. The number of ether oxygens (including phenoxy) is 1. The Labute approximate surface area is 148 Å². The zero-order valence-electron chi connectivity index (χ0n) is 15.6. The van der Waals surface area contributed by atoms with Gasteiger partial charge in [0.15, 0.2) is 0 Å². The molecule has 1 aromatic carbocycles.